The summed E-state index contributed by atoms with van der Waals surface area (Å²) in [7, 11) is 0. The summed E-state index contributed by atoms with van der Waals surface area (Å²) < 4.78 is 5.89. The highest BCUT2D eigenvalue weighted by Gasteiger charge is 2.34. The summed E-state index contributed by atoms with van der Waals surface area (Å²) in [4.78, 5) is 32.5. The molecule has 8 heteroatoms. The van der Waals surface area contributed by atoms with Crippen LogP contribution in [-0.2, 0) is 9.59 Å². The molecule has 1 aromatic carbocycles. The maximum absolute atomic E-state index is 12.9. The van der Waals surface area contributed by atoms with Gasteiger partial charge < -0.3 is 20.4 Å². The van der Waals surface area contributed by atoms with Gasteiger partial charge in [-0.25, -0.2) is 0 Å². The SMILES string of the molecule is NC(=O)CN1CC[C@H](NC(=O)[C@@H]2CCCCN2c2nc3ccccc3o2)C1. The van der Waals surface area contributed by atoms with Crippen LogP contribution in [0.4, 0.5) is 6.01 Å². The number of hydrogen-bond acceptors (Lipinski definition) is 6. The Balaban J connectivity index is 1.44. The Labute approximate surface area is 157 Å². The van der Waals surface area contributed by atoms with Gasteiger partial charge in [0.05, 0.1) is 6.54 Å². The minimum atomic E-state index is -0.337. The van der Waals surface area contributed by atoms with E-state index in [0.29, 0.717) is 12.6 Å². The molecule has 3 N–H and O–H groups in total. The highest BCUT2D eigenvalue weighted by molar-refractivity contribution is 5.86. The molecule has 2 amide bonds. The van der Waals surface area contributed by atoms with Gasteiger partial charge in [-0.15, -0.1) is 0 Å². The summed E-state index contributed by atoms with van der Waals surface area (Å²) in [6.07, 6.45) is 3.63. The molecular formula is C19H25N5O3. The molecule has 8 nitrogen and oxygen atoms in total. The number of hydrogen-bond donors (Lipinski definition) is 2. The minimum Gasteiger partial charge on any atom is -0.423 e. The van der Waals surface area contributed by atoms with E-state index in [-0.39, 0.29) is 30.4 Å². The lowest BCUT2D eigenvalue weighted by Crippen LogP contribution is -2.52. The Hall–Kier alpha value is -2.61. The molecular weight excluding hydrogens is 346 g/mol. The van der Waals surface area contributed by atoms with E-state index in [1.165, 1.54) is 0 Å². The minimum absolute atomic E-state index is 0.00267. The second-order valence-electron chi connectivity index (χ2n) is 7.36. The van der Waals surface area contributed by atoms with Gasteiger partial charge in [-0.05, 0) is 37.8 Å². The van der Waals surface area contributed by atoms with Crippen molar-refractivity contribution in [1.82, 2.24) is 15.2 Å². The largest absolute Gasteiger partial charge is 0.423 e. The van der Waals surface area contributed by atoms with E-state index in [4.69, 9.17) is 10.2 Å². The van der Waals surface area contributed by atoms with E-state index in [1.54, 1.807) is 0 Å². The van der Waals surface area contributed by atoms with Gasteiger partial charge in [0, 0.05) is 25.7 Å². The number of aromatic nitrogens is 1. The number of nitrogens with one attached hydrogen (secondary N) is 1. The monoisotopic (exact) mass is 371 g/mol. The molecule has 2 aliphatic heterocycles. The molecule has 1 aromatic heterocycles. The number of carbonyl (C=O) groups is 2. The number of nitrogens with two attached hydrogens (primary N) is 1. The van der Waals surface area contributed by atoms with Crippen molar-refractivity contribution in [3.63, 3.8) is 0 Å². The van der Waals surface area contributed by atoms with Crippen LogP contribution in [0.5, 0.6) is 0 Å². The average Bonchev–Trinajstić information content (AvgIpc) is 3.27. The van der Waals surface area contributed by atoms with E-state index in [2.05, 4.69) is 10.3 Å². The summed E-state index contributed by atoms with van der Waals surface area (Å²) in [5.41, 5.74) is 6.79. The maximum atomic E-state index is 12.9. The van der Waals surface area contributed by atoms with Crippen LogP contribution < -0.4 is 16.0 Å². The normalized spacial score (nSPS) is 23.6. The first kappa shape index (κ1) is 17.8. The molecule has 3 heterocycles. The number of primary amides is 1. The number of carbonyl (C=O) groups excluding carboxylic acids is 2. The van der Waals surface area contributed by atoms with Crippen LogP contribution >= 0.6 is 0 Å². The first-order valence-corrected chi connectivity index (χ1v) is 9.53. The molecule has 144 valence electrons. The van der Waals surface area contributed by atoms with Gasteiger partial charge in [0.25, 0.3) is 6.01 Å². The molecule has 27 heavy (non-hydrogen) atoms. The molecule has 0 spiro atoms. The fraction of sp³-hybridized carbons (Fsp3) is 0.526. The van der Waals surface area contributed by atoms with Crippen molar-refractivity contribution in [2.75, 3.05) is 31.1 Å². The average molecular weight is 371 g/mol. The van der Waals surface area contributed by atoms with Crippen molar-refractivity contribution in [3.05, 3.63) is 24.3 Å². The van der Waals surface area contributed by atoms with E-state index in [1.807, 2.05) is 34.1 Å². The van der Waals surface area contributed by atoms with Gasteiger partial charge in [0.2, 0.25) is 11.8 Å². The molecule has 0 bridgehead atoms. The third kappa shape index (κ3) is 3.90. The number of piperidine rings is 1. The fourth-order valence-corrected chi connectivity index (χ4v) is 4.03. The predicted octanol–water partition coefficient (Wildman–Crippen LogP) is 0.863. The molecule has 2 aliphatic rings. The molecule has 2 aromatic rings. The zero-order valence-electron chi connectivity index (χ0n) is 15.3. The van der Waals surface area contributed by atoms with Gasteiger partial charge in [0.15, 0.2) is 5.58 Å². The zero-order chi connectivity index (χ0) is 18.8. The molecule has 0 saturated carbocycles. The van der Waals surface area contributed by atoms with Gasteiger partial charge in [-0.3, -0.25) is 14.5 Å². The Morgan fingerprint density at radius 3 is 2.89 bits per heavy atom. The number of rotatable bonds is 5. The first-order chi connectivity index (χ1) is 13.1. The molecule has 4 rings (SSSR count). The lowest BCUT2D eigenvalue weighted by atomic mass is 10.0. The zero-order valence-corrected chi connectivity index (χ0v) is 15.3. The molecule has 0 aliphatic carbocycles. The van der Waals surface area contributed by atoms with Crippen LogP contribution in [0.3, 0.4) is 0 Å². The van der Waals surface area contributed by atoms with Crippen molar-refractivity contribution in [3.8, 4) is 0 Å². The molecule has 0 unspecified atom stereocenters. The summed E-state index contributed by atoms with van der Waals surface area (Å²) in [6, 6.07) is 7.91. The summed E-state index contributed by atoms with van der Waals surface area (Å²) in [6.45, 7) is 2.42. The van der Waals surface area contributed by atoms with Gasteiger partial charge in [-0.1, -0.05) is 12.1 Å². The van der Waals surface area contributed by atoms with Crippen LogP contribution in [0.15, 0.2) is 28.7 Å². The van der Waals surface area contributed by atoms with Crippen molar-refractivity contribution >= 4 is 28.9 Å². The number of para-hydroxylation sites is 2. The predicted molar refractivity (Wildman–Crippen MR) is 101 cm³/mol. The highest BCUT2D eigenvalue weighted by Crippen LogP contribution is 2.28. The van der Waals surface area contributed by atoms with Gasteiger partial charge in [0.1, 0.15) is 11.6 Å². The Morgan fingerprint density at radius 2 is 2.07 bits per heavy atom. The maximum Gasteiger partial charge on any atom is 0.299 e. The summed E-state index contributed by atoms with van der Waals surface area (Å²) in [5.74, 6) is -0.334. The van der Waals surface area contributed by atoms with Crippen LogP contribution in [-0.4, -0.2) is 60.0 Å². The van der Waals surface area contributed by atoms with E-state index < -0.39 is 0 Å². The van der Waals surface area contributed by atoms with Crippen LogP contribution in [0.2, 0.25) is 0 Å². The van der Waals surface area contributed by atoms with Crippen molar-refractivity contribution < 1.29 is 14.0 Å². The van der Waals surface area contributed by atoms with E-state index >= 15 is 0 Å². The van der Waals surface area contributed by atoms with E-state index in [0.717, 1.165) is 49.9 Å². The molecule has 2 saturated heterocycles. The second-order valence-corrected chi connectivity index (χ2v) is 7.36. The summed E-state index contributed by atoms with van der Waals surface area (Å²) in [5, 5.41) is 3.14. The Kier molecular flexibility index (Phi) is 4.98. The second kappa shape index (κ2) is 7.56. The molecule has 0 radical (unpaired) electrons. The molecule has 2 atom stereocenters. The van der Waals surface area contributed by atoms with Crippen LogP contribution in [0, 0.1) is 0 Å². The first-order valence-electron chi connectivity index (χ1n) is 9.53. The van der Waals surface area contributed by atoms with Crippen molar-refractivity contribution in [2.24, 2.45) is 5.73 Å². The van der Waals surface area contributed by atoms with Crippen molar-refractivity contribution in [2.45, 2.75) is 37.8 Å². The number of amides is 2. The quantitative estimate of drug-likeness (QED) is 0.808. The van der Waals surface area contributed by atoms with Crippen LogP contribution in [0.25, 0.3) is 11.1 Å². The van der Waals surface area contributed by atoms with Crippen LogP contribution in [0.1, 0.15) is 25.7 Å². The number of benzene rings is 1. The number of fused-ring (bicyclic) bond motifs is 1. The third-order valence-electron chi connectivity index (χ3n) is 5.33. The number of anilines is 1. The Morgan fingerprint density at radius 1 is 1.22 bits per heavy atom. The summed E-state index contributed by atoms with van der Waals surface area (Å²) >= 11 is 0. The third-order valence-corrected chi connectivity index (χ3v) is 5.33. The van der Waals surface area contributed by atoms with Gasteiger partial charge in [-0.2, -0.15) is 4.98 Å². The topological polar surface area (TPSA) is 105 Å². The molecule has 2 fully saturated rings. The number of likely N-dealkylation sites (tertiary alicyclic amines) is 1. The van der Waals surface area contributed by atoms with E-state index in [9.17, 15) is 9.59 Å². The van der Waals surface area contributed by atoms with Gasteiger partial charge >= 0.3 is 0 Å². The number of oxazole rings is 1. The van der Waals surface area contributed by atoms with Crippen molar-refractivity contribution in [1.29, 1.82) is 0 Å². The number of nitrogens with zero attached hydrogens (tertiary/aromatic N) is 3. The lowest BCUT2D eigenvalue weighted by Gasteiger charge is -2.34. The fourth-order valence-electron chi connectivity index (χ4n) is 4.03. The smallest absolute Gasteiger partial charge is 0.299 e. The Bertz CT molecular complexity index is 803. The lowest BCUT2D eigenvalue weighted by molar-refractivity contribution is -0.123. The highest BCUT2D eigenvalue weighted by atomic mass is 16.4. The standard InChI is InChI=1S/C19H25N5O3/c20-17(25)12-23-10-8-13(11-23)21-18(26)15-6-3-4-9-24(15)19-22-14-5-1-2-7-16(14)27-19/h1-2,5,7,13,15H,3-4,6,8-12H2,(H2,20,25)(H,21,26)/t13-,15-/m0/s1.